The van der Waals surface area contributed by atoms with Gasteiger partial charge in [0.1, 0.15) is 0 Å². The molecule has 4 rings (SSSR count). The first-order valence-electron chi connectivity index (χ1n) is 10.8. The van der Waals surface area contributed by atoms with Gasteiger partial charge < -0.3 is 4.90 Å². The van der Waals surface area contributed by atoms with Crippen molar-refractivity contribution in [3.8, 4) is 0 Å². The Kier molecular flexibility index (Phi) is 5.71. The summed E-state index contributed by atoms with van der Waals surface area (Å²) in [6, 6.07) is 16.8. The fourth-order valence-electron chi connectivity index (χ4n) is 5.25. The van der Waals surface area contributed by atoms with E-state index in [9.17, 15) is 8.42 Å². The van der Waals surface area contributed by atoms with Gasteiger partial charge >= 0.3 is 0 Å². The lowest BCUT2D eigenvalue weighted by molar-refractivity contribution is 0.191. The Morgan fingerprint density at radius 1 is 1.03 bits per heavy atom. The molecule has 2 fully saturated rings. The minimum atomic E-state index is -3.61. The van der Waals surface area contributed by atoms with Gasteiger partial charge in [0.2, 0.25) is 0 Å². The van der Waals surface area contributed by atoms with Crippen LogP contribution >= 0.6 is 0 Å². The minimum Gasteiger partial charge on any atom is -0.303 e. The molecule has 2 aromatic rings. The van der Waals surface area contributed by atoms with Gasteiger partial charge in [0.05, 0.1) is 10.6 Å². The van der Waals surface area contributed by atoms with E-state index in [0.29, 0.717) is 16.7 Å². The summed E-state index contributed by atoms with van der Waals surface area (Å²) < 4.78 is 28.7. The average molecular weight is 413 g/mol. The van der Waals surface area contributed by atoms with Crippen LogP contribution in [-0.2, 0) is 10.0 Å². The highest BCUT2D eigenvalue weighted by molar-refractivity contribution is 7.92. The van der Waals surface area contributed by atoms with Gasteiger partial charge in [0.15, 0.2) is 0 Å². The molecule has 2 aliphatic rings. The first kappa shape index (κ1) is 20.4. The molecule has 1 aliphatic carbocycles. The van der Waals surface area contributed by atoms with Crippen molar-refractivity contribution in [2.75, 3.05) is 23.9 Å². The smallest absolute Gasteiger partial charge is 0.264 e. The van der Waals surface area contributed by atoms with Gasteiger partial charge in [-0.25, -0.2) is 8.42 Å². The van der Waals surface area contributed by atoms with E-state index < -0.39 is 10.0 Å². The SMILES string of the molecule is CCCN1CC2CC(c3ccccc3N(C(C)C)S(=O)(=O)c3ccccc3)C2C1. The third-order valence-corrected chi connectivity index (χ3v) is 8.53. The molecule has 3 unspecified atom stereocenters. The molecule has 0 amide bonds. The Morgan fingerprint density at radius 2 is 1.72 bits per heavy atom. The summed E-state index contributed by atoms with van der Waals surface area (Å²) in [5.41, 5.74) is 2.05. The number of benzene rings is 2. The van der Waals surface area contributed by atoms with Crippen LogP contribution in [0.3, 0.4) is 0 Å². The largest absolute Gasteiger partial charge is 0.303 e. The van der Waals surface area contributed by atoms with Gasteiger partial charge in [0, 0.05) is 19.1 Å². The van der Waals surface area contributed by atoms with Crippen molar-refractivity contribution in [2.45, 2.75) is 50.5 Å². The van der Waals surface area contributed by atoms with E-state index in [1.807, 2.05) is 32.0 Å². The zero-order valence-corrected chi connectivity index (χ0v) is 18.5. The molecule has 0 aromatic heterocycles. The molecule has 0 bridgehead atoms. The Balaban J connectivity index is 1.69. The summed E-state index contributed by atoms with van der Waals surface area (Å²) in [5, 5.41) is 0. The maximum Gasteiger partial charge on any atom is 0.264 e. The molecule has 0 spiro atoms. The molecule has 1 saturated carbocycles. The van der Waals surface area contributed by atoms with E-state index in [1.165, 1.54) is 31.5 Å². The number of nitrogens with zero attached hydrogens (tertiary/aromatic N) is 2. The molecule has 1 aliphatic heterocycles. The highest BCUT2D eigenvalue weighted by atomic mass is 32.2. The van der Waals surface area contributed by atoms with Crippen LogP contribution in [-0.4, -0.2) is 39.0 Å². The molecule has 29 heavy (non-hydrogen) atoms. The van der Waals surface area contributed by atoms with Gasteiger partial charge in [-0.15, -0.1) is 0 Å². The van der Waals surface area contributed by atoms with Crippen LogP contribution in [0.4, 0.5) is 5.69 Å². The van der Waals surface area contributed by atoms with Crippen LogP contribution in [0, 0.1) is 11.8 Å². The summed E-state index contributed by atoms with van der Waals surface area (Å²) in [6.45, 7) is 9.67. The van der Waals surface area contributed by atoms with Gasteiger partial charge in [-0.05, 0) is 74.8 Å². The second-order valence-electron chi connectivity index (χ2n) is 8.79. The van der Waals surface area contributed by atoms with E-state index >= 15 is 0 Å². The molecule has 3 atom stereocenters. The van der Waals surface area contributed by atoms with Gasteiger partial charge in [-0.2, -0.15) is 0 Å². The molecule has 5 heteroatoms. The van der Waals surface area contributed by atoms with Crippen LogP contribution < -0.4 is 4.31 Å². The predicted octanol–water partition coefficient (Wildman–Crippen LogP) is 4.74. The normalized spacial score (nSPS) is 24.3. The van der Waals surface area contributed by atoms with E-state index in [4.69, 9.17) is 0 Å². The topological polar surface area (TPSA) is 40.6 Å². The van der Waals surface area contributed by atoms with Crippen LogP contribution in [0.5, 0.6) is 0 Å². The average Bonchev–Trinajstić information content (AvgIpc) is 3.00. The quantitative estimate of drug-likeness (QED) is 0.660. The summed E-state index contributed by atoms with van der Waals surface area (Å²) in [5.74, 6) is 1.86. The number of sulfonamides is 1. The Hall–Kier alpha value is -1.85. The summed E-state index contributed by atoms with van der Waals surface area (Å²) >= 11 is 0. The Labute approximate surface area is 175 Å². The molecular weight excluding hydrogens is 380 g/mol. The highest BCUT2D eigenvalue weighted by Gasteiger charge is 2.48. The van der Waals surface area contributed by atoms with Crippen LogP contribution in [0.15, 0.2) is 59.5 Å². The van der Waals surface area contributed by atoms with E-state index in [2.05, 4.69) is 24.0 Å². The zero-order valence-electron chi connectivity index (χ0n) is 17.7. The summed E-state index contributed by atoms with van der Waals surface area (Å²) in [7, 11) is -3.61. The Morgan fingerprint density at radius 3 is 2.41 bits per heavy atom. The predicted molar refractivity (Wildman–Crippen MR) is 119 cm³/mol. The third kappa shape index (κ3) is 3.71. The van der Waals surface area contributed by atoms with Crippen LogP contribution in [0.2, 0.25) is 0 Å². The molecule has 2 aromatic carbocycles. The lowest BCUT2D eigenvalue weighted by atomic mass is 9.63. The number of fused-ring (bicyclic) bond motifs is 1. The molecular formula is C24H32N2O2S. The summed E-state index contributed by atoms with van der Waals surface area (Å²) in [6.07, 6.45) is 2.36. The number of likely N-dealkylation sites (tertiary alicyclic amines) is 1. The van der Waals surface area contributed by atoms with Crippen molar-refractivity contribution < 1.29 is 8.42 Å². The second kappa shape index (κ2) is 8.11. The number of hydrogen-bond acceptors (Lipinski definition) is 3. The molecule has 0 N–H and O–H groups in total. The standard InChI is InChI=1S/C24H32N2O2S/c1-4-14-25-16-19-15-22(23(19)17-25)21-12-8-9-13-24(21)26(18(2)3)29(27,28)20-10-6-5-7-11-20/h5-13,18-19,22-23H,4,14-17H2,1-3H3. The molecule has 156 valence electrons. The van der Waals surface area contributed by atoms with E-state index in [1.54, 1.807) is 28.6 Å². The first-order chi connectivity index (χ1) is 13.9. The molecule has 1 saturated heterocycles. The van der Waals surface area contributed by atoms with Gasteiger partial charge in [-0.1, -0.05) is 43.3 Å². The molecule has 1 heterocycles. The van der Waals surface area contributed by atoms with Gasteiger partial charge in [-0.3, -0.25) is 4.31 Å². The third-order valence-electron chi connectivity index (χ3n) is 6.52. The number of rotatable bonds is 7. The fraction of sp³-hybridized carbons (Fsp3) is 0.500. The number of anilines is 1. The first-order valence-corrected chi connectivity index (χ1v) is 12.3. The monoisotopic (exact) mass is 412 g/mol. The molecule has 4 nitrogen and oxygen atoms in total. The lowest BCUT2D eigenvalue weighted by Crippen LogP contribution is -2.40. The van der Waals surface area contributed by atoms with Crippen LogP contribution in [0.25, 0.3) is 0 Å². The van der Waals surface area contributed by atoms with Crippen molar-refractivity contribution in [1.82, 2.24) is 4.90 Å². The van der Waals surface area contributed by atoms with Crippen molar-refractivity contribution in [3.05, 3.63) is 60.2 Å². The van der Waals surface area contributed by atoms with Crippen molar-refractivity contribution >= 4 is 15.7 Å². The number of para-hydroxylation sites is 1. The maximum absolute atomic E-state index is 13.5. The number of hydrogen-bond donors (Lipinski definition) is 0. The summed E-state index contributed by atoms with van der Waals surface area (Å²) in [4.78, 5) is 2.93. The minimum absolute atomic E-state index is 0.155. The van der Waals surface area contributed by atoms with Crippen molar-refractivity contribution in [3.63, 3.8) is 0 Å². The van der Waals surface area contributed by atoms with E-state index in [-0.39, 0.29) is 6.04 Å². The second-order valence-corrected chi connectivity index (χ2v) is 10.6. The fourth-order valence-corrected chi connectivity index (χ4v) is 6.96. The lowest BCUT2D eigenvalue weighted by Gasteiger charge is -2.42. The zero-order chi connectivity index (χ0) is 20.6. The molecule has 0 radical (unpaired) electrons. The maximum atomic E-state index is 13.5. The van der Waals surface area contributed by atoms with Crippen molar-refractivity contribution in [2.24, 2.45) is 11.8 Å². The highest BCUT2D eigenvalue weighted by Crippen LogP contribution is 2.53. The van der Waals surface area contributed by atoms with E-state index in [0.717, 1.165) is 18.2 Å². The Bertz CT molecular complexity index is 942. The van der Waals surface area contributed by atoms with Crippen molar-refractivity contribution in [1.29, 1.82) is 0 Å². The van der Waals surface area contributed by atoms with Crippen LogP contribution in [0.1, 0.15) is 45.1 Å². The van der Waals surface area contributed by atoms with Gasteiger partial charge in [0.25, 0.3) is 10.0 Å².